The third-order valence-electron chi connectivity index (χ3n) is 9.35. The maximum absolute atomic E-state index is 5.28. The first-order chi connectivity index (χ1) is 21.6. The molecule has 3 heteroatoms. The number of hydrogen-bond acceptors (Lipinski definition) is 2. The summed E-state index contributed by atoms with van der Waals surface area (Å²) in [5.41, 5.74) is 14.5. The predicted octanol–water partition coefficient (Wildman–Crippen LogP) is 10.4. The molecule has 1 aliphatic rings. The molecule has 0 N–H and O–H groups in total. The summed E-state index contributed by atoms with van der Waals surface area (Å²) < 4.78 is 2.40. The lowest BCUT2D eigenvalue weighted by molar-refractivity contribution is 0.666. The van der Waals surface area contributed by atoms with E-state index in [0.29, 0.717) is 0 Å². The van der Waals surface area contributed by atoms with Gasteiger partial charge in [0.15, 0.2) is 0 Å². The Labute approximate surface area is 256 Å². The lowest BCUT2D eigenvalue weighted by Gasteiger charge is -2.22. The Bertz CT molecular complexity index is 2400. The van der Waals surface area contributed by atoms with Crippen molar-refractivity contribution in [2.75, 3.05) is 0 Å². The van der Waals surface area contributed by atoms with Gasteiger partial charge >= 0.3 is 0 Å². The van der Waals surface area contributed by atoms with E-state index in [4.69, 9.17) is 9.97 Å². The summed E-state index contributed by atoms with van der Waals surface area (Å²) in [6.07, 6.45) is 0. The van der Waals surface area contributed by atoms with Crippen LogP contribution >= 0.6 is 0 Å². The van der Waals surface area contributed by atoms with Gasteiger partial charge in [-0.25, -0.2) is 9.97 Å². The quantitative estimate of drug-likeness (QED) is 0.214. The topological polar surface area (TPSA) is 30.7 Å². The van der Waals surface area contributed by atoms with Crippen molar-refractivity contribution in [1.29, 1.82) is 0 Å². The highest BCUT2D eigenvalue weighted by Crippen LogP contribution is 2.53. The molecule has 0 bridgehead atoms. The van der Waals surface area contributed by atoms with Crippen molar-refractivity contribution in [2.24, 2.45) is 0 Å². The van der Waals surface area contributed by atoms with Crippen LogP contribution in [-0.2, 0) is 5.41 Å². The number of aromatic nitrogens is 3. The molecule has 0 saturated carbocycles. The van der Waals surface area contributed by atoms with Crippen LogP contribution in [0.1, 0.15) is 25.0 Å². The standard InChI is InChI=1S/C41H29N3/c1-41(2)32-19-11-9-17-29(32)30-22-24-36-37(38(30)41)31-18-10-12-20-35(31)44(36)28-21-23-33-34(25-28)43-40(27-15-7-4-8-16-27)39(42-33)26-13-5-3-6-14-26/h3-25H,1-2H3. The van der Waals surface area contributed by atoms with E-state index in [9.17, 15) is 0 Å². The van der Waals surface area contributed by atoms with Crippen LogP contribution in [0.4, 0.5) is 0 Å². The SMILES string of the molecule is CC1(C)c2ccccc2-c2ccc3c(c21)c1ccccc1n3-c1ccc2nc(-c3ccccc3)c(-c3ccccc3)nc2c1. The molecule has 208 valence electrons. The van der Waals surface area contributed by atoms with Gasteiger partial charge in [0.2, 0.25) is 0 Å². The zero-order chi connectivity index (χ0) is 29.4. The molecule has 2 aromatic heterocycles. The van der Waals surface area contributed by atoms with E-state index in [-0.39, 0.29) is 5.41 Å². The van der Waals surface area contributed by atoms with Crippen molar-refractivity contribution in [3.63, 3.8) is 0 Å². The Hall–Kier alpha value is -5.54. The number of nitrogens with zero attached hydrogens (tertiary/aromatic N) is 3. The van der Waals surface area contributed by atoms with Crippen LogP contribution in [0.5, 0.6) is 0 Å². The molecule has 0 atom stereocenters. The van der Waals surface area contributed by atoms with Crippen LogP contribution in [0.25, 0.3) is 72.2 Å². The third kappa shape index (κ3) is 3.50. The highest BCUT2D eigenvalue weighted by molar-refractivity contribution is 6.14. The van der Waals surface area contributed by atoms with Crippen molar-refractivity contribution in [3.8, 4) is 39.3 Å². The summed E-state index contributed by atoms with van der Waals surface area (Å²) >= 11 is 0. The number of hydrogen-bond donors (Lipinski definition) is 0. The van der Waals surface area contributed by atoms with Crippen molar-refractivity contribution in [3.05, 3.63) is 151 Å². The molecular formula is C41H29N3. The molecule has 0 unspecified atom stereocenters. The minimum Gasteiger partial charge on any atom is -0.309 e. The fourth-order valence-corrected chi connectivity index (χ4v) is 7.39. The lowest BCUT2D eigenvalue weighted by atomic mass is 9.80. The van der Waals surface area contributed by atoms with Crippen molar-refractivity contribution in [1.82, 2.24) is 14.5 Å². The van der Waals surface area contributed by atoms with Crippen LogP contribution in [-0.4, -0.2) is 14.5 Å². The monoisotopic (exact) mass is 563 g/mol. The van der Waals surface area contributed by atoms with E-state index in [1.165, 1.54) is 44.1 Å². The second-order valence-corrected chi connectivity index (χ2v) is 12.2. The van der Waals surface area contributed by atoms with E-state index in [1.54, 1.807) is 0 Å². The van der Waals surface area contributed by atoms with Crippen molar-refractivity contribution < 1.29 is 0 Å². The minimum absolute atomic E-state index is 0.103. The highest BCUT2D eigenvalue weighted by atomic mass is 15.0. The fraction of sp³-hybridized carbons (Fsp3) is 0.0732. The summed E-state index contributed by atoms with van der Waals surface area (Å²) in [6.45, 7) is 4.73. The molecule has 1 aliphatic carbocycles. The maximum atomic E-state index is 5.28. The van der Waals surface area contributed by atoms with Gasteiger partial charge in [0, 0.05) is 33.0 Å². The molecule has 0 saturated heterocycles. The summed E-state index contributed by atoms with van der Waals surface area (Å²) in [5.74, 6) is 0. The summed E-state index contributed by atoms with van der Waals surface area (Å²) in [4.78, 5) is 10.5. The van der Waals surface area contributed by atoms with Gasteiger partial charge in [-0.05, 0) is 52.6 Å². The Morgan fingerprint density at radius 3 is 1.91 bits per heavy atom. The van der Waals surface area contributed by atoms with E-state index >= 15 is 0 Å². The number of benzene rings is 6. The van der Waals surface area contributed by atoms with Gasteiger partial charge in [0.1, 0.15) is 0 Å². The van der Waals surface area contributed by atoms with Gasteiger partial charge < -0.3 is 4.57 Å². The number of para-hydroxylation sites is 1. The summed E-state index contributed by atoms with van der Waals surface area (Å²) in [5, 5.41) is 2.60. The molecular weight excluding hydrogens is 534 g/mol. The maximum Gasteiger partial charge on any atom is 0.0973 e. The van der Waals surface area contributed by atoms with Crippen LogP contribution in [0.15, 0.2) is 140 Å². The van der Waals surface area contributed by atoms with Crippen molar-refractivity contribution >= 4 is 32.8 Å². The van der Waals surface area contributed by atoms with E-state index in [0.717, 1.165) is 39.2 Å². The Morgan fingerprint density at radius 1 is 0.523 bits per heavy atom. The van der Waals surface area contributed by atoms with Gasteiger partial charge in [0.05, 0.1) is 33.5 Å². The zero-order valence-corrected chi connectivity index (χ0v) is 24.6. The number of rotatable bonds is 3. The van der Waals surface area contributed by atoms with Gasteiger partial charge in [0.25, 0.3) is 0 Å². The second kappa shape index (κ2) is 9.23. The first-order valence-corrected chi connectivity index (χ1v) is 15.2. The van der Waals surface area contributed by atoms with Crippen LogP contribution in [0.3, 0.4) is 0 Å². The fourth-order valence-electron chi connectivity index (χ4n) is 7.39. The van der Waals surface area contributed by atoms with Crippen molar-refractivity contribution in [2.45, 2.75) is 19.3 Å². The minimum atomic E-state index is -0.103. The van der Waals surface area contributed by atoms with Crippen LogP contribution in [0.2, 0.25) is 0 Å². The van der Waals surface area contributed by atoms with Crippen LogP contribution < -0.4 is 0 Å². The van der Waals surface area contributed by atoms with E-state index in [2.05, 4.69) is 146 Å². The molecule has 0 amide bonds. The van der Waals surface area contributed by atoms with Gasteiger partial charge in [-0.1, -0.05) is 123 Å². The molecule has 44 heavy (non-hydrogen) atoms. The normalized spacial score (nSPS) is 13.4. The lowest BCUT2D eigenvalue weighted by Crippen LogP contribution is -2.15. The van der Waals surface area contributed by atoms with E-state index < -0.39 is 0 Å². The zero-order valence-electron chi connectivity index (χ0n) is 24.6. The van der Waals surface area contributed by atoms with E-state index in [1.807, 2.05) is 12.1 Å². The highest BCUT2D eigenvalue weighted by Gasteiger charge is 2.38. The van der Waals surface area contributed by atoms with Crippen LogP contribution in [0, 0.1) is 0 Å². The predicted molar refractivity (Wildman–Crippen MR) is 182 cm³/mol. The second-order valence-electron chi connectivity index (χ2n) is 12.2. The summed E-state index contributed by atoms with van der Waals surface area (Å²) in [6, 6.07) is 49.5. The molecule has 0 spiro atoms. The summed E-state index contributed by atoms with van der Waals surface area (Å²) in [7, 11) is 0. The molecule has 8 aromatic rings. The molecule has 0 aliphatic heterocycles. The molecule has 0 radical (unpaired) electrons. The molecule has 0 fully saturated rings. The average molecular weight is 564 g/mol. The van der Waals surface area contributed by atoms with Gasteiger partial charge in [-0.3, -0.25) is 0 Å². The molecule has 2 heterocycles. The molecule has 9 rings (SSSR count). The van der Waals surface area contributed by atoms with Gasteiger partial charge in [-0.2, -0.15) is 0 Å². The Kier molecular flexibility index (Phi) is 5.24. The van der Waals surface area contributed by atoms with Gasteiger partial charge in [-0.15, -0.1) is 0 Å². The average Bonchev–Trinajstić information content (AvgIpc) is 3.53. The third-order valence-corrected chi connectivity index (χ3v) is 9.35. The largest absolute Gasteiger partial charge is 0.309 e. The first kappa shape index (κ1) is 25.0. The molecule has 6 aromatic carbocycles. The number of fused-ring (bicyclic) bond motifs is 8. The first-order valence-electron chi connectivity index (χ1n) is 15.2. The Balaban J connectivity index is 1.31. The smallest absolute Gasteiger partial charge is 0.0973 e. The molecule has 3 nitrogen and oxygen atoms in total. The Morgan fingerprint density at radius 2 is 1.16 bits per heavy atom.